The minimum Gasteiger partial charge on any atom is -0.394 e. The van der Waals surface area contributed by atoms with Crippen molar-refractivity contribution in [1.82, 2.24) is 25.8 Å². The summed E-state index contributed by atoms with van der Waals surface area (Å²) in [7, 11) is 7.87. The molecule has 0 aliphatic carbocycles. The van der Waals surface area contributed by atoms with E-state index in [0.29, 0.717) is 6.54 Å². The van der Waals surface area contributed by atoms with Crippen molar-refractivity contribution in [3.8, 4) is 0 Å². The van der Waals surface area contributed by atoms with Crippen LogP contribution in [0.4, 0.5) is 5.69 Å². The van der Waals surface area contributed by atoms with Crippen LogP contribution in [0, 0.1) is 0 Å². The van der Waals surface area contributed by atoms with Crippen molar-refractivity contribution >= 4 is 17.2 Å². The zero-order valence-electron chi connectivity index (χ0n) is 18.0. The number of nitrogens with zero attached hydrogens (tertiary/aromatic N) is 3. The number of carbonyl (C=O) groups is 1. The predicted octanol–water partition coefficient (Wildman–Crippen LogP) is 1.76. The smallest absolute Gasteiger partial charge is 0.219 e. The Kier molecular flexibility index (Phi) is 7.87. The van der Waals surface area contributed by atoms with Crippen LogP contribution in [0.5, 0.6) is 0 Å². The fourth-order valence-corrected chi connectivity index (χ4v) is 3.69. The zero-order valence-corrected chi connectivity index (χ0v) is 18.0. The van der Waals surface area contributed by atoms with Gasteiger partial charge in [-0.1, -0.05) is 6.92 Å². The summed E-state index contributed by atoms with van der Waals surface area (Å²) >= 11 is 0. The Morgan fingerprint density at radius 3 is 2.71 bits per heavy atom. The van der Waals surface area contributed by atoms with Gasteiger partial charge >= 0.3 is 0 Å². The summed E-state index contributed by atoms with van der Waals surface area (Å²) in [4.78, 5) is 20.6. The number of aromatic nitrogens is 1. The number of hydrogen-bond donors (Lipinski definition) is 3. The fourth-order valence-electron chi connectivity index (χ4n) is 3.69. The lowest BCUT2D eigenvalue weighted by Crippen LogP contribution is -2.50. The summed E-state index contributed by atoms with van der Waals surface area (Å²) in [6, 6.07) is 4.13. The molecular weight excluding hydrogens is 352 g/mol. The predicted molar refractivity (Wildman–Crippen MR) is 116 cm³/mol. The Balaban J connectivity index is 2.37. The highest BCUT2D eigenvalue weighted by Gasteiger charge is 2.28. The van der Waals surface area contributed by atoms with Crippen LogP contribution in [0.15, 0.2) is 35.8 Å². The first kappa shape index (κ1) is 21.8. The van der Waals surface area contributed by atoms with Crippen molar-refractivity contribution in [2.75, 3.05) is 46.2 Å². The Morgan fingerprint density at radius 2 is 2.14 bits per heavy atom. The van der Waals surface area contributed by atoms with Crippen molar-refractivity contribution in [2.45, 2.75) is 32.9 Å². The van der Waals surface area contributed by atoms with E-state index in [0.717, 1.165) is 36.3 Å². The maximum Gasteiger partial charge on any atom is 0.219 e. The molecule has 0 saturated heterocycles. The average molecular weight is 387 g/mol. The van der Waals surface area contributed by atoms with Gasteiger partial charge in [-0.25, -0.2) is 0 Å². The van der Waals surface area contributed by atoms with Crippen LogP contribution in [0.3, 0.4) is 0 Å². The highest BCUT2D eigenvalue weighted by atomic mass is 16.2. The minimum absolute atomic E-state index is 0.0294. The Bertz CT molecular complexity index is 742. The van der Waals surface area contributed by atoms with Gasteiger partial charge in [0, 0.05) is 76.9 Å². The third kappa shape index (κ3) is 4.84. The van der Waals surface area contributed by atoms with E-state index in [2.05, 4.69) is 45.9 Å². The normalized spacial score (nSPS) is 16.1. The molecule has 7 heteroatoms. The molecule has 154 valence electrons. The van der Waals surface area contributed by atoms with E-state index in [1.54, 1.807) is 6.92 Å². The Labute approximate surface area is 168 Å². The monoisotopic (exact) mass is 386 g/mol. The van der Waals surface area contributed by atoms with Gasteiger partial charge in [-0.15, -0.1) is 0 Å². The molecule has 1 aliphatic heterocycles. The van der Waals surface area contributed by atoms with Gasteiger partial charge in [-0.2, -0.15) is 0 Å². The molecule has 1 amide bonds. The molecule has 1 aromatic rings. The molecule has 2 rings (SSSR count). The molecule has 1 aliphatic rings. The van der Waals surface area contributed by atoms with Crippen LogP contribution < -0.4 is 20.9 Å². The molecule has 0 bridgehead atoms. The minimum atomic E-state index is -0.0294. The van der Waals surface area contributed by atoms with Gasteiger partial charge in [0.1, 0.15) is 6.17 Å². The molecule has 1 aromatic heterocycles. The molecule has 0 spiro atoms. The number of nitrogens with one attached hydrogen (secondary N) is 3. The molecule has 0 aromatic carbocycles. The largest absolute Gasteiger partial charge is 0.394 e. The first-order chi connectivity index (χ1) is 13.5. The number of rotatable bonds is 8. The Morgan fingerprint density at radius 1 is 1.39 bits per heavy atom. The molecule has 1 atom stereocenters. The molecule has 7 nitrogen and oxygen atoms in total. The number of anilines is 1. The van der Waals surface area contributed by atoms with Crippen LogP contribution >= 0.6 is 0 Å². The quantitative estimate of drug-likeness (QED) is 0.592. The van der Waals surface area contributed by atoms with Crippen molar-refractivity contribution in [3.05, 3.63) is 41.5 Å². The van der Waals surface area contributed by atoms with Gasteiger partial charge in [0.05, 0.1) is 5.69 Å². The van der Waals surface area contributed by atoms with Crippen molar-refractivity contribution in [1.29, 1.82) is 0 Å². The topological polar surface area (TPSA) is 72.5 Å². The van der Waals surface area contributed by atoms with E-state index in [1.807, 2.05) is 44.5 Å². The first-order valence-corrected chi connectivity index (χ1v) is 9.84. The number of pyridine rings is 1. The van der Waals surface area contributed by atoms with Gasteiger partial charge in [-0.05, 0) is 31.2 Å². The average Bonchev–Trinajstić information content (AvgIpc) is 2.72. The molecule has 2 heterocycles. The van der Waals surface area contributed by atoms with Crippen LogP contribution in [0.1, 0.15) is 32.4 Å². The first-order valence-electron chi connectivity index (χ1n) is 9.84. The standard InChI is InChI=1S/C21H34N6O/c1-7-16(13-22-3)20-12-17(8-10-25-20)26(6)21(24-5)18-14-27(15(2)28)11-9-19(18)23-4/h8,10,12-13,21-24H,7,9,11,14H2,1-6H3/b16-13+. The van der Waals surface area contributed by atoms with Gasteiger partial charge in [0.15, 0.2) is 0 Å². The second-order valence-electron chi connectivity index (χ2n) is 6.96. The van der Waals surface area contributed by atoms with Crippen molar-refractivity contribution in [2.24, 2.45) is 0 Å². The molecule has 28 heavy (non-hydrogen) atoms. The van der Waals surface area contributed by atoms with E-state index < -0.39 is 0 Å². The number of likely N-dealkylation sites (N-methyl/N-ethyl adjacent to an activating group) is 2. The number of amides is 1. The highest BCUT2D eigenvalue weighted by molar-refractivity contribution is 5.74. The number of hydrogen-bond acceptors (Lipinski definition) is 6. The lowest BCUT2D eigenvalue weighted by molar-refractivity contribution is -0.128. The second kappa shape index (κ2) is 10.1. The summed E-state index contributed by atoms with van der Waals surface area (Å²) < 4.78 is 0. The molecule has 0 saturated carbocycles. The van der Waals surface area contributed by atoms with E-state index in [-0.39, 0.29) is 12.1 Å². The van der Waals surface area contributed by atoms with Crippen molar-refractivity contribution < 1.29 is 4.79 Å². The van der Waals surface area contributed by atoms with Crippen molar-refractivity contribution in [3.63, 3.8) is 0 Å². The highest BCUT2D eigenvalue weighted by Crippen LogP contribution is 2.26. The second-order valence-corrected chi connectivity index (χ2v) is 6.96. The Hall–Kier alpha value is -2.54. The zero-order chi connectivity index (χ0) is 20.7. The summed E-state index contributed by atoms with van der Waals surface area (Å²) in [6.07, 6.45) is 5.56. The third-order valence-electron chi connectivity index (χ3n) is 5.30. The molecule has 1 unspecified atom stereocenters. The number of allylic oxidation sites excluding steroid dienone is 1. The molecule has 3 N–H and O–H groups in total. The molecule has 0 fully saturated rings. The lowest BCUT2D eigenvalue weighted by Gasteiger charge is -2.38. The molecular formula is C21H34N6O. The van der Waals surface area contributed by atoms with Gasteiger partial charge in [0.2, 0.25) is 5.91 Å². The maximum absolute atomic E-state index is 11.9. The van der Waals surface area contributed by atoms with E-state index >= 15 is 0 Å². The van der Waals surface area contributed by atoms with Crippen LogP contribution in [-0.2, 0) is 4.79 Å². The lowest BCUT2D eigenvalue weighted by atomic mass is 10.0. The van der Waals surface area contributed by atoms with E-state index in [1.165, 1.54) is 11.3 Å². The summed E-state index contributed by atoms with van der Waals surface area (Å²) in [5.74, 6) is 0.112. The van der Waals surface area contributed by atoms with Gasteiger partial charge in [-0.3, -0.25) is 15.1 Å². The molecule has 0 radical (unpaired) electrons. The fraction of sp³-hybridized carbons (Fsp3) is 0.524. The van der Waals surface area contributed by atoms with Crippen LogP contribution in [-0.4, -0.2) is 63.2 Å². The van der Waals surface area contributed by atoms with Crippen LogP contribution in [0.25, 0.3) is 5.57 Å². The third-order valence-corrected chi connectivity index (χ3v) is 5.30. The maximum atomic E-state index is 11.9. The van der Waals surface area contributed by atoms with Gasteiger partial charge in [0.25, 0.3) is 0 Å². The van der Waals surface area contributed by atoms with Gasteiger partial charge < -0.3 is 20.4 Å². The SMILES string of the molecule is CC/C(=C\NC)c1cc(N(C)C(NC)C2=C(NC)CCN(C(C)=O)C2)ccn1. The number of carbonyl (C=O) groups excluding carboxylic acids is 1. The van der Waals surface area contributed by atoms with Crippen LogP contribution in [0.2, 0.25) is 0 Å². The summed E-state index contributed by atoms with van der Waals surface area (Å²) in [5, 5.41) is 9.86. The van der Waals surface area contributed by atoms with E-state index in [4.69, 9.17) is 0 Å². The van der Waals surface area contributed by atoms with E-state index in [9.17, 15) is 4.79 Å². The summed E-state index contributed by atoms with van der Waals surface area (Å²) in [6.45, 7) is 5.14. The summed E-state index contributed by atoms with van der Waals surface area (Å²) in [5.41, 5.74) is 5.58.